The molecule has 0 radical (unpaired) electrons. The Morgan fingerprint density at radius 2 is 2.21 bits per heavy atom. The predicted octanol–water partition coefficient (Wildman–Crippen LogP) is 1.60. The van der Waals surface area contributed by atoms with Gasteiger partial charge in [0.1, 0.15) is 5.65 Å². The molecule has 0 aliphatic heterocycles. The number of fused-ring (bicyclic) bond motifs is 1. The van der Waals surface area contributed by atoms with Crippen LogP contribution in [0.25, 0.3) is 5.65 Å². The van der Waals surface area contributed by atoms with Crippen molar-refractivity contribution < 1.29 is 8.42 Å². The van der Waals surface area contributed by atoms with Crippen molar-refractivity contribution in [2.75, 3.05) is 12.3 Å². The molecule has 0 amide bonds. The number of aromatic nitrogens is 2. The summed E-state index contributed by atoms with van der Waals surface area (Å²) in [6.45, 7) is 2.38. The average molecular weight is 281 g/mol. The lowest BCUT2D eigenvalue weighted by Gasteiger charge is -2.04. The highest BCUT2D eigenvalue weighted by Crippen LogP contribution is 2.04. The molecule has 0 saturated heterocycles. The fourth-order valence-electron chi connectivity index (χ4n) is 1.85. The van der Waals surface area contributed by atoms with Crippen LogP contribution in [0.4, 0.5) is 0 Å². The van der Waals surface area contributed by atoms with Gasteiger partial charge in [0, 0.05) is 25.4 Å². The molecule has 6 heteroatoms. The third-order valence-electron chi connectivity index (χ3n) is 2.88. The summed E-state index contributed by atoms with van der Waals surface area (Å²) < 4.78 is 27.8. The second kappa shape index (κ2) is 6.16. The zero-order valence-corrected chi connectivity index (χ0v) is 11.9. The van der Waals surface area contributed by atoms with Gasteiger partial charge in [0.25, 0.3) is 0 Å². The Morgan fingerprint density at radius 1 is 1.37 bits per heavy atom. The van der Waals surface area contributed by atoms with Gasteiger partial charge in [-0.2, -0.15) is 0 Å². The molecule has 5 nitrogen and oxygen atoms in total. The van der Waals surface area contributed by atoms with Crippen molar-refractivity contribution in [3.63, 3.8) is 0 Å². The molecule has 2 heterocycles. The highest BCUT2D eigenvalue weighted by Gasteiger charge is 2.09. The van der Waals surface area contributed by atoms with Crippen molar-refractivity contribution in [1.29, 1.82) is 0 Å². The first-order chi connectivity index (χ1) is 9.11. The molecule has 0 fully saturated rings. The predicted molar refractivity (Wildman–Crippen MR) is 75.6 cm³/mol. The molecule has 104 valence electrons. The first kappa shape index (κ1) is 14.0. The number of pyridine rings is 1. The van der Waals surface area contributed by atoms with E-state index in [9.17, 15) is 8.42 Å². The maximum Gasteiger partial charge on any atom is 0.211 e. The van der Waals surface area contributed by atoms with Crippen molar-refractivity contribution in [3.05, 3.63) is 36.3 Å². The molecule has 0 bridgehead atoms. The Bertz CT molecular complexity index is 601. The van der Waals surface area contributed by atoms with Gasteiger partial charge in [-0.15, -0.1) is 0 Å². The Labute approximate surface area is 113 Å². The summed E-state index contributed by atoms with van der Waals surface area (Å²) in [6.07, 6.45) is 6.04. The van der Waals surface area contributed by atoms with Crippen molar-refractivity contribution in [1.82, 2.24) is 14.1 Å². The lowest BCUT2D eigenvalue weighted by atomic mass is 10.3. The smallest absolute Gasteiger partial charge is 0.211 e. The number of nitrogens with one attached hydrogen (secondary N) is 1. The molecule has 2 rings (SSSR count). The van der Waals surface area contributed by atoms with Crippen molar-refractivity contribution in [3.8, 4) is 0 Å². The summed E-state index contributed by atoms with van der Waals surface area (Å²) in [7, 11) is -3.13. The van der Waals surface area contributed by atoms with Gasteiger partial charge in [0.05, 0.1) is 11.4 Å². The summed E-state index contributed by atoms with van der Waals surface area (Å²) in [4.78, 5) is 4.42. The minimum atomic E-state index is -3.13. The summed E-state index contributed by atoms with van der Waals surface area (Å²) >= 11 is 0. The molecule has 0 aromatic carbocycles. The largest absolute Gasteiger partial charge is 0.307 e. The number of imidazole rings is 1. The van der Waals surface area contributed by atoms with Crippen LogP contribution < -0.4 is 4.72 Å². The summed E-state index contributed by atoms with van der Waals surface area (Å²) in [5, 5.41) is 0. The second-order valence-electron chi connectivity index (χ2n) is 4.52. The van der Waals surface area contributed by atoms with Gasteiger partial charge in [-0.3, -0.25) is 0 Å². The van der Waals surface area contributed by atoms with Crippen LogP contribution in [0.1, 0.15) is 25.5 Å². The van der Waals surface area contributed by atoms with Crippen LogP contribution in [0.5, 0.6) is 0 Å². The number of hydrogen-bond acceptors (Lipinski definition) is 3. The maximum absolute atomic E-state index is 11.6. The fourth-order valence-corrected chi connectivity index (χ4v) is 3.07. The Morgan fingerprint density at radius 3 is 2.95 bits per heavy atom. The van der Waals surface area contributed by atoms with Crippen molar-refractivity contribution in [2.24, 2.45) is 0 Å². The van der Waals surface area contributed by atoms with Gasteiger partial charge in [0.15, 0.2) is 0 Å². The van der Waals surface area contributed by atoms with E-state index in [1.807, 2.05) is 41.9 Å². The molecular weight excluding hydrogens is 262 g/mol. The van der Waals surface area contributed by atoms with Gasteiger partial charge in [0.2, 0.25) is 10.0 Å². The van der Waals surface area contributed by atoms with E-state index in [4.69, 9.17) is 0 Å². The molecule has 2 aromatic rings. The monoisotopic (exact) mass is 281 g/mol. The van der Waals surface area contributed by atoms with Crippen molar-refractivity contribution >= 4 is 15.7 Å². The van der Waals surface area contributed by atoms with Gasteiger partial charge >= 0.3 is 0 Å². The highest BCUT2D eigenvalue weighted by molar-refractivity contribution is 7.89. The molecule has 1 N–H and O–H groups in total. The minimum Gasteiger partial charge on any atom is -0.307 e. The third-order valence-corrected chi connectivity index (χ3v) is 4.35. The van der Waals surface area contributed by atoms with E-state index >= 15 is 0 Å². The molecule has 19 heavy (non-hydrogen) atoms. The van der Waals surface area contributed by atoms with Crippen LogP contribution in [-0.4, -0.2) is 30.1 Å². The zero-order valence-electron chi connectivity index (χ0n) is 11.0. The fraction of sp³-hybridized carbons (Fsp3) is 0.462. The van der Waals surface area contributed by atoms with Crippen LogP contribution >= 0.6 is 0 Å². The van der Waals surface area contributed by atoms with E-state index in [2.05, 4.69) is 9.71 Å². The van der Waals surface area contributed by atoms with E-state index in [1.165, 1.54) is 0 Å². The molecule has 0 spiro atoms. The van der Waals surface area contributed by atoms with Gasteiger partial charge < -0.3 is 4.40 Å². The van der Waals surface area contributed by atoms with E-state index in [1.54, 1.807) is 0 Å². The Hall–Kier alpha value is -1.40. The Balaban J connectivity index is 1.89. The molecule has 0 saturated carbocycles. The summed E-state index contributed by atoms with van der Waals surface area (Å²) in [5.41, 5.74) is 1.77. The van der Waals surface area contributed by atoms with E-state index in [0.717, 1.165) is 17.8 Å². The number of sulfonamides is 1. The van der Waals surface area contributed by atoms with Gasteiger partial charge in [-0.1, -0.05) is 19.4 Å². The molecule has 2 aromatic heterocycles. The third kappa shape index (κ3) is 4.04. The van der Waals surface area contributed by atoms with Crippen LogP contribution in [0.2, 0.25) is 0 Å². The summed E-state index contributed by atoms with van der Waals surface area (Å²) in [6, 6.07) is 5.79. The van der Waals surface area contributed by atoms with Crippen LogP contribution in [0.15, 0.2) is 30.6 Å². The minimum absolute atomic E-state index is 0.203. The SMILES string of the molecule is CCCCS(=O)(=O)NCCc1cn2ccccc2n1. The van der Waals surface area contributed by atoms with E-state index in [-0.39, 0.29) is 5.75 Å². The standard InChI is InChI=1S/C13H19N3O2S/c1-2-3-10-19(17,18)14-8-7-12-11-16-9-5-4-6-13(16)15-12/h4-6,9,11,14H,2-3,7-8,10H2,1H3. The quantitative estimate of drug-likeness (QED) is 0.838. The number of hydrogen-bond donors (Lipinski definition) is 1. The maximum atomic E-state index is 11.6. The van der Waals surface area contributed by atoms with Gasteiger partial charge in [-0.25, -0.2) is 18.1 Å². The highest BCUT2D eigenvalue weighted by atomic mass is 32.2. The normalized spacial score (nSPS) is 12.1. The van der Waals surface area contributed by atoms with Gasteiger partial charge in [-0.05, 0) is 18.6 Å². The van der Waals surface area contributed by atoms with Crippen LogP contribution in [0, 0.1) is 0 Å². The lowest BCUT2D eigenvalue weighted by molar-refractivity contribution is 0.578. The number of rotatable bonds is 7. The molecule has 0 atom stereocenters. The first-order valence-corrected chi connectivity index (χ1v) is 8.16. The topological polar surface area (TPSA) is 63.5 Å². The average Bonchev–Trinajstić information content (AvgIpc) is 2.78. The second-order valence-corrected chi connectivity index (χ2v) is 6.44. The first-order valence-electron chi connectivity index (χ1n) is 6.50. The Kier molecular flexibility index (Phi) is 4.55. The van der Waals surface area contributed by atoms with Crippen LogP contribution in [0.3, 0.4) is 0 Å². The van der Waals surface area contributed by atoms with Crippen molar-refractivity contribution in [2.45, 2.75) is 26.2 Å². The molecule has 0 aliphatic carbocycles. The molecule has 0 unspecified atom stereocenters. The molecule has 0 aliphatic rings. The number of unbranched alkanes of at least 4 members (excludes halogenated alkanes) is 1. The summed E-state index contributed by atoms with van der Waals surface area (Å²) in [5.74, 6) is 0.203. The van der Waals surface area contributed by atoms with E-state index < -0.39 is 10.0 Å². The van der Waals surface area contributed by atoms with E-state index in [0.29, 0.717) is 19.4 Å². The molecular formula is C13H19N3O2S. The number of nitrogens with zero attached hydrogens (tertiary/aromatic N) is 2. The lowest BCUT2D eigenvalue weighted by Crippen LogP contribution is -2.28. The zero-order chi connectivity index (χ0) is 13.7. The van der Waals surface area contributed by atoms with Crippen LogP contribution in [-0.2, 0) is 16.4 Å².